The van der Waals surface area contributed by atoms with Gasteiger partial charge < -0.3 is 5.32 Å². The smallest absolute Gasteiger partial charge is 0.145 e. The van der Waals surface area contributed by atoms with Crippen LogP contribution in [-0.2, 0) is 0 Å². The van der Waals surface area contributed by atoms with Gasteiger partial charge in [-0.25, -0.2) is 8.78 Å². The Hall–Kier alpha value is -0.480. The summed E-state index contributed by atoms with van der Waals surface area (Å²) in [5.41, 5.74) is 0.177. The Morgan fingerprint density at radius 3 is 2.42 bits per heavy atom. The van der Waals surface area contributed by atoms with E-state index in [0.717, 1.165) is 31.6 Å². The largest absolute Gasteiger partial charge is 0.313 e. The summed E-state index contributed by atoms with van der Waals surface area (Å²) in [6.45, 7) is 2.24. The molecule has 0 radical (unpaired) electrons. The lowest BCUT2D eigenvalue weighted by Crippen LogP contribution is -2.30. The fourth-order valence-corrected chi connectivity index (χ4v) is 3.41. The summed E-state index contributed by atoms with van der Waals surface area (Å²) in [7, 11) is 1.78. The molecule has 1 atom stereocenters. The van der Waals surface area contributed by atoms with Crippen molar-refractivity contribution in [2.45, 2.75) is 38.6 Å². The van der Waals surface area contributed by atoms with Gasteiger partial charge in [0.05, 0.1) is 4.47 Å². The SMILES string of the molecule is CNC(c1c(F)ccc(Br)c1F)C1CCC(C)CC1. The maximum Gasteiger partial charge on any atom is 0.145 e. The zero-order valence-electron chi connectivity index (χ0n) is 11.3. The summed E-state index contributed by atoms with van der Waals surface area (Å²) in [4.78, 5) is 0. The van der Waals surface area contributed by atoms with E-state index in [1.807, 2.05) is 0 Å². The highest BCUT2D eigenvalue weighted by atomic mass is 79.9. The summed E-state index contributed by atoms with van der Waals surface area (Å²) >= 11 is 3.14. The predicted molar refractivity (Wildman–Crippen MR) is 77.0 cm³/mol. The van der Waals surface area contributed by atoms with E-state index in [4.69, 9.17) is 0 Å². The summed E-state index contributed by atoms with van der Waals surface area (Å²) in [5, 5.41) is 3.11. The third-order valence-electron chi connectivity index (χ3n) is 4.23. The van der Waals surface area contributed by atoms with E-state index in [0.29, 0.717) is 10.4 Å². The quantitative estimate of drug-likeness (QED) is 0.783. The van der Waals surface area contributed by atoms with Crippen LogP contribution in [0.5, 0.6) is 0 Å². The lowest BCUT2D eigenvalue weighted by atomic mass is 9.77. The number of benzene rings is 1. The molecule has 0 spiro atoms. The second kappa shape index (κ2) is 6.31. The molecular weight excluding hydrogens is 312 g/mol. The van der Waals surface area contributed by atoms with E-state index in [2.05, 4.69) is 28.2 Å². The van der Waals surface area contributed by atoms with E-state index < -0.39 is 11.6 Å². The first-order chi connectivity index (χ1) is 9.04. The van der Waals surface area contributed by atoms with Crippen LogP contribution in [0.2, 0.25) is 0 Å². The van der Waals surface area contributed by atoms with Crippen LogP contribution >= 0.6 is 15.9 Å². The molecule has 1 aromatic rings. The molecule has 4 heteroatoms. The molecule has 1 fully saturated rings. The Balaban J connectivity index is 2.29. The van der Waals surface area contributed by atoms with Gasteiger partial charge in [-0.2, -0.15) is 0 Å². The zero-order valence-corrected chi connectivity index (χ0v) is 12.9. The molecule has 0 saturated heterocycles. The van der Waals surface area contributed by atoms with Crippen molar-refractivity contribution in [3.8, 4) is 0 Å². The molecule has 0 aromatic heterocycles. The second-order valence-electron chi connectivity index (χ2n) is 5.54. The summed E-state index contributed by atoms with van der Waals surface area (Å²) in [6.07, 6.45) is 4.33. The summed E-state index contributed by atoms with van der Waals surface area (Å²) in [6, 6.07) is 2.51. The molecule has 0 heterocycles. The van der Waals surface area contributed by atoms with Gasteiger partial charge in [0, 0.05) is 11.6 Å². The molecule has 106 valence electrons. The van der Waals surface area contributed by atoms with Crippen molar-refractivity contribution in [3.05, 3.63) is 33.8 Å². The second-order valence-corrected chi connectivity index (χ2v) is 6.40. The molecule has 0 bridgehead atoms. The molecule has 19 heavy (non-hydrogen) atoms. The van der Waals surface area contributed by atoms with Gasteiger partial charge in [0.2, 0.25) is 0 Å². The van der Waals surface area contributed by atoms with E-state index in [1.54, 1.807) is 7.05 Å². The zero-order chi connectivity index (χ0) is 14.0. The van der Waals surface area contributed by atoms with Gasteiger partial charge in [-0.1, -0.05) is 19.8 Å². The van der Waals surface area contributed by atoms with E-state index in [9.17, 15) is 8.78 Å². The van der Waals surface area contributed by atoms with Crippen molar-refractivity contribution in [2.24, 2.45) is 11.8 Å². The van der Waals surface area contributed by atoms with Gasteiger partial charge in [0.1, 0.15) is 11.6 Å². The molecule has 1 saturated carbocycles. The Kier molecular flexibility index (Phi) is 4.96. The van der Waals surface area contributed by atoms with Crippen LogP contribution in [0.25, 0.3) is 0 Å². The Labute approximate surface area is 121 Å². The highest BCUT2D eigenvalue weighted by molar-refractivity contribution is 9.10. The number of halogens is 3. The van der Waals surface area contributed by atoms with E-state index >= 15 is 0 Å². The fraction of sp³-hybridized carbons (Fsp3) is 0.600. The van der Waals surface area contributed by atoms with Crippen molar-refractivity contribution < 1.29 is 8.78 Å². The fourth-order valence-electron chi connectivity index (χ4n) is 3.06. The standard InChI is InChI=1S/C15H20BrF2N/c1-9-3-5-10(6-4-9)15(19-2)13-12(17)8-7-11(16)14(13)18/h7-10,15,19H,3-6H2,1-2H3. The molecule has 0 aliphatic heterocycles. The van der Waals surface area contributed by atoms with Gasteiger partial charge in [0.15, 0.2) is 0 Å². The lowest BCUT2D eigenvalue weighted by Gasteiger charge is -2.33. The minimum absolute atomic E-state index is 0.177. The molecule has 1 N–H and O–H groups in total. The van der Waals surface area contributed by atoms with Gasteiger partial charge in [0.25, 0.3) is 0 Å². The lowest BCUT2D eigenvalue weighted by molar-refractivity contribution is 0.231. The van der Waals surface area contributed by atoms with Gasteiger partial charge in [-0.05, 0) is 59.8 Å². The number of hydrogen-bond acceptors (Lipinski definition) is 1. The van der Waals surface area contributed by atoms with Crippen LogP contribution in [0.1, 0.15) is 44.2 Å². The first-order valence-electron chi connectivity index (χ1n) is 6.85. The third-order valence-corrected chi connectivity index (χ3v) is 4.85. The first kappa shape index (κ1) is 14.9. The molecule has 1 unspecified atom stereocenters. The first-order valence-corrected chi connectivity index (χ1v) is 7.64. The molecular formula is C15H20BrF2N. The number of nitrogens with one attached hydrogen (secondary N) is 1. The minimum Gasteiger partial charge on any atom is -0.313 e. The van der Waals surface area contributed by atoms with Crippen LogP contribution in [0.4, 0.5) is 8.78 Å². The Morgan fingerprint density at radius 1 is 1.21 bits per heavy atom. The van der Waals surface area contributed by atoms with Crippen molar-refractivity contribution in [2.75, 3.05) is 7.05 Å². The Morgan fingerprint density at radius 2 is 1.84 bits per heavy atom. The van der Waals surface area contributed by atoms with Crippen LogP contribution in [0.15, 0.2) is 16.6 Å². The summed E-state index contributed by atoms with van der Waals surface area (Å²) < 4.78 is 28.5. The van der Waals surface area contributed by atoms with Crippen molar-refractivity contribution in [1.82, 2.24) is 5.32 Å². The molecule has 2 rings (SSSR count). The van der Waals surface area contributed by atoms with Crippen LogP contribution in [-0.4, -0.2) is 7.05 Å². The van der Waals surface area contributed by atoms with Crippen LogP contribution in [0, 0.1) is 23.5 Å². The van der Waals surface area contributed by atoms with Crippen LogP contribution < -0.4 is 5.32 Å². The monoisotopic (exact) mass is 331 g/mol. The van der Waals surface area contributed by atoms with Crippen molar-refractivity contribution in [3.63, 3.8) is 0 Å². The van der Waals surface area contributed by atoms with Crippen molar-refractivity contribution >= 4 is 15.9 Å². The highest BCUT2D eigenvalue weighted by Crippen LogP contribution is 2.39. The maximum atomic E-state index is 14.2. The number of rotatable bonds is 3. The maximum absolute atomic E-state index is 14.2. The van der Waals surface area contributed by atoms with Gasteiger partial charge >= 0.3 is 0 Å². The van der Waals surface area contributed by atoms with Gasteiger partial charge in [-0.3, -0.25) is 0 Å². The third kappa shape index (κ3) is 3.16. The topological polar surface area (TPSA) is 12.0 Å². The average Bonchev–Trinajstić information content (AvgIpc) is 2.40. The predicted octanol–water partition coefficient (Wildman–Crippen LogP) is 4.81. The molecule has 1 aliphatic rings. The number of hydrogen-bond donors (Lipinski definition) is 1. The van der Waals surface area contributed by atoms with Gasteiger partial charge in [-0.15, -0.1) is 0 Å². The molecule has 1 nitrogen and oxygen atoms in total. The summed E-state index contributed by atoms with van der Waals surface area (Å²) in [5.74, 6) is 0.0992. The van der Waals surface area contributed by atoms with Crippen molar-refractivity contribution in [1.29, 1.82) is 0 Å². The molecule has 1 aromatic carbocycles. The molecule has 0 amide bonds. The normalized spacial score (nSPS) is 25.3. The highest BCUT2D eigenvalue weighted by Gasteiger charge is 2.30. The molecule has 1 aliphatic carbocycles. The minimum atomic E-state index is -0.474. The average molecular weight is 332 g/mol. The Bertz CT molecular complexity index is 442. The van der Waals surface area contributed by atoms with Crippen LogP contribution in [0.3, 0.4) is 0 Å². The van der Waals surface area contributed by atoms with E-state index in [-0.39, 0.29) is 11.6 Å². The van der Waals surface area contributed by atoms with E-state index in [1.165, 1.54) is 12.1 Å².